The SMILES string of the molecule is CN(C(=O)NCCSC(F)(F)F)C1COCC1C(=O)O. The summed E-state index contributed by atoms with van der Waals surface area (Å²) in [5, 5.41) is 11.3. The molecule has 1 aliphatic rings. The van der Waals surface area contributed by atoms with E-state index in [0.29, 0.717) is 0 Å². The zero-order valence-electron chi connectivity index (χ0n) is 10.6. The standard InChI is InChI=1S/C10H15F3N2O4S/c1-15(7-5-19-4-6(7)8(16)17)9(18)14-2-3-20-10(11,12)13/h6-7H,2-5H2,1H3,(H,14,18)(H,16,17). The lowest BCUT2D eigenvalue weighted by Crippen LogP contribution is -2.48. The van der Waals surface area contributed by atoms with E-state index in [1.54, 1.807) is 0 Å². The minimum absolute atomic E-state index is 0.0154. The molecule has 1 heterocycles. The maximum absolute atomic E-state index is 11.9. The summed E-state index contributed by atoms with van der Waals surface area (Å²) in [6.45, 7) is -0.0433. The number of ether oxygens (including phenoxy) is 1. The van der Waals surface area contributed by atoms with E-state index in [0.717, 1.165) is 4.90 Å². The van der Waals surface area contributed by atoms with Crippen LogP contribution >= 0.6 is 11.8 Å². The molecular weight excluding hydrogens is 301 g/mol. The number of likely N-dealkylation sites (N-methyl/N-ethyl adjacent to an activating group) is 1. The molecule has 6 nitrogen and oxygen atoms in total. The van der Waals surface area contributed by atoms with Crippen LogP contribution < -0.4 is 5.32 Å². The average Bonchev–Trinajstić information content (AvgIpc) is 2.81. The Morgan fingerprint density at radius 1 is 1.45 bits per heavy atom. The van der Waals surface area contributed by atoms with Crippen molar-refractivity contribution in [3.05, 3.63) is 0 Å². The van der Waals surface area contributed by atoms with E-state index in [-0.39, 0.29) is 37.3 Å². The van der Waals surface area contributed by atoms with Gasteiger partial charge < -0.3 is 20.1 Å². The molecule has 1 rings (SSSR count). The van der Waals surface area contributed by atoms with Crippen molar-refractivity contribution >= 4 is 23.8 Å². The van der Waals surface area contributed by atoms with Crippen LogP contribution in [-0.4, -0.2) is 66.1 Å². The second-order valence-electron chi connectivity index (χ2n) is 4.19. The van der Waals surface area contributed by atoms with Crippen molar-refractivity contribution in [1.82, 2.24) is 10.2 Å². The van der Waals surface area contributed by atoms with Crippen LogP contribution in [0.1, 0.15) is 0 Å². The number of carboxylic acids is 1. The molecule has 0 spiro atoms. The van der Waals surface area contributed by atoms with Crippen molar-refractivity contribution < 1.29 is 32.6 Å². The van der Waals surface area contributed by atoms with Gasteiger partial charge in [-0.25, -0.2) is 4.79 Å². The summed E-state index contributed by atoms with van der Waals surface area (Å²) in [5.74, 6) is -2.19. The van der Waals surface area contributed by atoms with Gasteiger partial charge in [-0.15, -0.1) is 0 Å². The van der Waals surface area contributed by atoms with Gasteiger partial charge in [0.25, 0.3) is 0 Å². The van der Waals surface area contributed by atoms with Gasteiger partial charge in [-0.05, 0) is 11.8 Å². The topological polar surface area (TPSA) is 78.9 Å². The molecule has 0 aromatic carbocycles. The molecule has 0 saturated carbocycles. The molecule has 116 valence electrons. The van der Waals surface area contributed by atoms with E-state index in [4.69, 9.17) is 9.84 Å². The summed E-state index contributed by atoms with van der Waals surface area (Å²) >= 11 is -0.227. The smallest absolute Gasteiger partial charge is 0.441 e. The van der Waals surface area contributed by atoms with E-state index in [1.165, 1.54) is 7.05 Å². The first-order chi connectivity index (χ1) is 9.22. The molecule has 2 unspecified atom stereocenters. The van der Waals surface area contributed by atoms with Gasteiger partial charge in [0.15, 0.2) is 0 Å². The number of thioether (sulfide) groups is 1. The number of aliphatic carboxylic acids is 1. The van der Waals surface area contributed by atoms with Gasteiger partial charge in [-0.2, -0.15) is 13.2 Å². The molecule has 0 radical (unpaired) electrons. The summed E-state index contributed by atoms with van der Waals surface area (Å²) in [6, 6.07) is -1.24. The van der Waals surface area contributed by atoms with Crippen LogP contribution in [0.4, 0.5) is 18.0 Å². The fourth-order valence-electron chi connectivity index (χ4n) is 1.76. The Morgan fingerprint density at radius 2 is 2.10 bits per heavy atom. The Labute approximate surface area is 117 Å². The Balaban J connectivity index is 2.37. The number of alkyl halides is 3. The van der Waals surface area contributed by atoms with Crippen molar-refractivity contribution in [2.75, 3.05) is 32.6 Å². The quantitative estimate of drug-likeness (QED) is 0.739. The third kappa shape index (κ3) is 5.08. The van der Waals surface area contributed by atoms with Gasteiger partial charge in [0, 0.05) is 19.3 Å². The number of carbonyl (C=O) groups excluding carboxylic acids is 1. The molecule has 0 bridgehead atoms. The van der Waals surface area contributed by atoms with Crippen LogP contribution in [0.15, 0.2) is 0 Å². The second-order valence-corrected chi connectivity index (χ2v) is 5.35. The summed E-state index contributed by atoms with van der Waals surface area (Å²) < 4.78 is 40.7. The average molecular weight is 316 g/mol. The molecule has 0 aromatic heterocycles. The number of carboxylic acid groups (broad SMARTS) is 1. The highest BCUT2D eigenvalue weighted by atomic mass is 32.2. The summed E-state index contributed by atoms with van der Waals surface area (Å²) in [6.07, 6.45) is 0. The van der Waals surface area contributed by atoms with Gasteiger partial charge in [0.05, 0.1) is 19.3 Å². The normalized spacial score (nSPS) is 22.6. The van der Waals surface area contributed by atoms with Crippen LogP contribution in [0, 0.1) is 5.92 Å². The number of hydrogen-bond acceptors (Lipinski definition) is 4. The first-order valence-corrected chi connectivity index (χ1v) is 6.73. The van der Waals surface area contributed by atoms with E-state index in [2.05, 4.69) is 5.32 Å². The minimum atomic E-state index is -4.33. The second kappa shape index (κ2) is 7.02. The fourth-order valence-corrected chi connectivity index (χ4v) is 2.20. The maximum Gasteiger partial charge on any atom is 0.441 e. The predicted octanol–water partition coefficient (Wildman–Crippen LogP) is 0.980. The van der Waals surface area contributed by atoms with Crippen LogP contribution in [0.3, 0.4) is 0 Å². The van der Waals surface area contributed by atoms with Crippen LogP contribution in [0.2, 0.25) is 0 Å². The third-order valence-electron chi connectivity index (χ3n) is 2.83. The monoisotopic (exact) mass is 316 g/mol. The highest BCUT2D eigenvalue weighted by Gasteiger charge is 2.38. The van der Waals surface area contributed by atoms with Gasteiger partial charge in [-0.3, -0.25) is 4.79 Å². The van der Waals surface area contributed by atoms with E-state index in [9.17, 15) is 22.8 Å². The Bertz CT molecular complexity index is 367. The number of nitrogens with zero attached hydrogens (tertiary/aromatic N) is 1. The van der Waals surface area contributed by atoms with E-state index < -0.39 is 29.5 Å². The molecule has 0 aliphatic carbocycles. The maximum atomic E-state index is 11.9. The molecule has 20 heavy (non-hydrogen) atoms. The zero-order valence-corrected chi connectivity index (χ0v) is 11.5. The number of rotatable bonds is 5. The van der Waals surface area contributed by atoms with Crippen molar-refractivity contribution in [2.45, 2.75) is 11.6 Å². The van der Waals surface area contributed by atoms with E-state index in [1.807, 2.05) is 0 Å². The van der Waals surface area contributed by atoms with Crippen LogP contribution in [0.25, 0.3) is 0 Å². The number of nitrogens with one attached hydrogen (secondary N) is 1. The molecular formula is C10H15F3N2O4S. The number of halogens is 3. The first-order valence-electron chi connectivity index (χ1n) is 5.74. The van der Waals surface area contributed by atoms with Crippen LogP contribution in [0.5, 0.6) is 0 Å². The van der Waals surface area contributed by atoms with Gasteiger partial charge in [-0.1, -0.05) is 0 Å². The van der Waals surface area contributed by atoms with Crippen molar-refractivity contribution in [2.24, 2.45) is 5.92 Å². The van der Waals surface area contributed by atoms with Gasteiger partial charge in [0.1, 0.15) is 5.92 Å². The molecule has 2 amide bonds. The summed E-state index contributed by atoms with van der Waals surface area (Å²) in [7, 11) is 1.39. The number of urea groups is 1. The Morgan fingerprint density at radius 3 is 2.65 bits per heavy atom. The lowest BCUT2D eigenvalue weighted by molar-refractivity contribution is -0.142. The Hall–Kier alpha value is -1.16. The minimum Gasteiger partial charge on any atom is -0.481 e. The van der Waals surface area contributed by atoms with Gasteiger partial charge >= 0.3 is 17.5 Å². The largest absolute Gasteiger partial charge is 0.481 e. The molecule has 0 aromatic rings. The molecule has 1 saturated heterocycles. The van der Waals surface area contributed by atoms with E-state index >= 15 is 0 Å². The third-order valence-corrected chi connectivity index (χ3v) is 3.57. The highest BCUT2D eigenvalue weighted by Crippen LogP contribution is 2.29. The molecule has 10 heteroatoms. The molecule has 2 atom stereocenters. The predicted molar refractivity (Wildman–Crippen MR) is 65.4 cm³/mol. The van der Waals surface area contributed by atoms with Gasteiger partial charge in [0.2, 0.25) is 0 Å². The molecule has 2 N–H and O–H groups in total. The molecule has 1 fully saturated rings. The number of hydrogen-bond donors (Lipinski definition) is 2. The lowest BCUT2D eigenvalue weighted by atomic mass is 10.0. The van der Waals surface area contributed by atoms with Crippen LogP contribution in [-0.2, 0) is 9.53 Å². The fraction of sp³-hybridized carbons (Fsp3) is 0.800. The number of carbonyl (C=O) groups is 2. The summed E-state index contributed by atoms with van der Waals surface area (Å²) in [5.41, 5.74) is -4.33. The number of amides is 2. The highest BCUT2D eigenvalue weighted by molar-refractivity contribution is 8.00. The zero-order chi connectivity index (χ0) is 15.3. The van der Waals surface area contributed by atoms with Crippen molar-refractivity contribution in [1.29, 1.82) is 0 Å². The van der Waals surface area contributed by atoms with Crippen molar-refractivity contribution in [3.8, 4) is 0 Å². The Kier molecular flexibility index (Phi) is 5.93. The first kappa shape index (κ1) is 16.9. The summed E-state index contributed by atoms with van der Waals surface area (Å²) in [4.78, 5) is 23.8. The molecule has 1 aliphatic heterocycles. The lowest BCUT2D eigenvalue weighted by Gasteiger charge is -2.26. The van der Waals surface area contributed by atoms with Crippen molar-refractivity contribution in [3.63, 3.8) is 0 Å².